The summed E-state index contributed by atoms with van der Waals surface area (Å²) in [4.78, 5) is 1.40. The maximum Gasteiger partial charge on any atom is 0.123 e. The van der Waals surface area contributed by atoms with Crippen molar-refractivity contribution < 1.29 is 4.39 Å². The Morgan fingerprint density at radius 3 is 2.95 bits per heavy atom. The number of fused-ring (bicyclic) bond motifs is 1. The van der Waals surface area contributed by atoms with E-state index >= 15 is 0 Å². The molecule has 3 heteroatoms. The molecule has 20 heavy (non-hydrogen) atoms. The lowest BCUT2D eigenvalue weighted by Gasteiger charge is -2.18. The molecule has 1 nitrogen and oxygen atoms in total. The molecule has 0 amide bonds. The van der Waals surface area contributed by atoms with Crippen molar-refractivity contribution in [1.29, 1.82) is 0 Å². The third-order valence-electron chi connectivity index (χ3n) is 3.82. The van der Waals surface area contributed by atoms with Crippen molar-refractivity contribution in [2.45, 2.75) is 23.8 Å². The summed E-state index contributed by atoms with van der Waals surface area (Å²) < 4.78 is 13.2. The zero-order valence-electron chi connectivity index (χ0n) is 11.5. The molecule has 3 rings (SSSR count). The first-order valence-electron chi connectivity index (χ1n) is 6.94. The van der Waals surface area contributed by atoms with E-state index in [1.807, 2.05) is 17.8 Å². The van der Waals surface area contributed by atoms with Crippen molar-refractivity contribution in [1.82, 2.24) is 5.32 Å². The summed E-state index contributed by atoms with van der Waals surface area (Å²) in [7, 11) is 0. The van der Waals surface area contributed by atoms with Crippen LogP contribution in [0.25, 0.3) is 0 Å². The Morgan fingerprint density at radius 1 is 1.25 bits per heavy atom. The Morgan fingerprint density at radius 2 is 2.10 bits per heavy atom. The lowest BCUT2D eigenvalue weighted by Crippen LogP contribution is -2.24. The van der Waals surface area contributed by atoms with E-state index in [1.54, 1.807) is 12.1 Å². The van der Waals surface area contributed by atoms with Gasteiger partial charge in [0.1, 0.15) is 5.82 Å². The normalized spacial score (nSPS) is 18.8. The molecule has 0 aromatic heterocycles. The number of hydrogen-bond acceptors (Lipinski definition) is 2. The van der Waals surface area contributed by atoms with Crippen LogP contribution >= 0.6 is 11.8 Å². The van der Waals surface area contributed by atoms with Crippen molar-refractivity contribution in [2.24, 2.45) is 0 Å². The molecule has 2 atom stereocenters. The number of hydrogen-bond donors (Lipinski definition) is 1. The monoisotopic (exact) mass is 287 g/mol. The molecule has 1 aliphatic rings. The zero-order valence-corrected chi connectivity index (χ0v) is 12.3. The predicted molar refractivity (Wildman–Crippen MR) is 82.7 cm³/mol. The predicted octanol–water partition coefficient (Wildman–Crippen LogP) is 4.37. The Hall–Kier alpha value is -1.32. The average Bonchev–Trinajstić information content (AvgIpc) is 2.88. The second-order valence-electron chi connectivity index (χ2n) is 5.23. The molecule has 0 radical (unpaired) electrons. The summed E-state index contributed by atoms with van der Waals surface area (Å²) in [6.07, 6.45) is 0. The van der Waals surface area contributed by atoms with E-state index in [9.17, 15) is 4.39 Å². The third kappa shape index (κ3) is 2.89. The quantitative estimate of drug-likeness (QED) is 0.896. The summed E-state index contributed by atoms with van der Waals surface area (Å²) in [6, 6.07) is 15.6. The lowest BCUT2D eigenvalue weighted by molar-refractivity contribution is 0.536. The number of rotatable bonds is 4. The molecule has 1 aliphatic heterocycles. The highest BCUT2D eigenvalue weighted by atomic mass is 32.2. The van der Waals surface area contributed by atoms with Gasteiger partial charge in [-0.15, -0.1) is 11.8 Å². The van der Waals surface area contributed by atoms with Gasteiger partial charge in [0.15, 0.2) is 0 Å². The van der Waals surface area contributed by atoms with Crippen molar-refractivity contribution in [2.75, 3.05) is 12.3 Å². The molecule has 0 saturated heterocycles. The molecule has 0 spiro atoms. The fraction of sp³-hybridized carbons (Fsp3) is 0.294. The first-order valence-corrected chi connectivity index (χ1v) is 7.93. The minimum atomic E-state index is -0.169. The third-order valence-corrected chi connectivity index (χ3v) is 5.07. The first-order chi connectivity index (χ1) is 9.74. The largest absolute Gasteiger partial charge is 0.310 e. The van der Waals surface area contributed by atoms with E-state index in [-0.39, 0.29) is 11.9 Å². The standard InChI is InChI=1S/C17H18FNS/c1-12(13-5-4-6-15(18)9-13)19-10-14-11-20-17-8-3-2-7-16(14)17/h2-9,12,14,19H,10-11H2,1H3/t12-,14?/m0/s1. The van der Waals surface area contributed by atoms with E-state index < -0.39 is 0 Å². The van der Waals surface area contributed by atoms with Gasteiger partial charge in [0, 0.05) is 29.2 Å². The van der Waals surface area contributed by atoms with Crippen LogP contribution < -0.4 is 5.32 Å². The van der Waals surface area contributed by atoms with E-state index in [0.717, 1.165) is 17.9 Å². The van der Waals surface area contributed by atoms with Crippen LogP contribution in [0.2, 0.25) is 0 Å². The van der Waals surface area contributed by atoms with Crippen molar-refractivity contribution >= 4 is 11.8 Å². The van der Waals surface area contributed by atoms with Crippen molar-refractivity contribution in [3.8, 4) is 0 Å². The minimum absolute atomic E-state index is 0.169. The maximum atomic E-state index is 13.2. The van der Waals surface area contributed by atoms with Gasteiger partial charge in [-0.1, -0.05) is 30.3 Å². The Kier molecular flexibility index (Phi) is 4.08. The van der Waals surface area contributed by atoms with Gasteiger partial charge >= 0.3 is 0 Å². The van der Waals surface area contributed by atoms with Crippen molar-refractivity contribution in [3.05, 3.63) is 65.5 Å². The number of halogens is 1. The molecule has 0 fully saturated rings. The summed E-state index contributed by atoms with van der Waals surface area (Å²) in [6.45, 7) is 3.02. The lowest BCUT2D eigenvalue weighted by atomic mass is 10.0. The van der Waals surface area contributed by atoms with Crippen LogP contribution in [0.5, 0.6) is 0 Å². The van der Waals surface area contributed by atoms with Crippen LogP contribution in [0.4, 0.5) is 4.39 Å². The van der Waals surface area contributed by atoms with Gasteiger partial charge in [-0.25, -0.2) is 4.39 Å². The van der Waals surface area contributed by atoms with Gasteiger partial charge in [-0.2, -0.15) is 0 Å². The summed E-state index contributed by atoms with van der Waals surface area (Å²) >= 11 is 1.93. The molecule has 1 unspecified atom stereocenters. The highest BCUT2D eigenvalue weighted by molar-refractivity contribution is 7.99. The van der Waals surface area contributed by atoms with Crippen LogP contribution in [-0.2, 0) is 0 Å². The smallest absolute Gasteiger partial charge is 0.123 e. The van der Waals surface area contributed by atoms with Gasteiger partial charge < -0.3 is 5.32 Å². The molecule has 0 aliphatic carbocycles. The fourth-order valence-corrected chi connectivity index (χ4v) is 3.87. The minimum Gasteiger partial charge on any atom is -0.310 e. The van der Waals surface area contributed by atoms with E-state index in [0.29, 0.717) is 5.92 Å². The molecule has 1 N–H and O–H groups in total. The average molecular weight is 287 g/mol. The van der Waals surface area contributed by atoms with Crippen LogP contribution in [-0.4, -0.2) is 12.3 Å². The van der Waals surface area contributed by atoms with Gasteiger partial charge in [-0.05, 0) is 36.2 Å². The maximum absolute atomic E-state index is 13.2. The molecular weight excluding hydrogens is 269 g/mol. The number of thioether (sulfide) groups is 1. The van der Waals surface area contributed by atoms with Gasteiger partial charge in [-0.3, -0.25) is 0 Å². The van der Waals surface area contributed by atoms with Crippen LogP contribution in [0.1, 0.15) is 30.0 Å². The molecule has 1 heterocycles. The Labute approximate surface area is 123 Å². The summed E-state index contributed by atoms with van der Waals surface area (Å²) in [5.41, 5.74) is 2.44. The van der Waals surface area contributed by atoms with E-state index in [2.05, 4.69) is 36.5 Å². The van der Waals surface area contributed by atoms with Gasteiger partial charge in [0.2, 0.25) is 0 Å². The molecule has 104 valence electrons. The topological polar surface area (TPSA) is 12.0 Å². The SMILES string of the molecule is C[C@H](NCC1CSc2ccccc21)c1cccc(F)c1. The second-order valence-corrected chi connectivity index (χ2v) is 6.29. The highest BCUT2D eigenvalue weighted by Gasteiger charge is 2.22. The van der Waals surface area contributed by atoms with E-state index in [1.165, 1.54) is 16.5 Å². The number of nitrogens with one attached hydrogen (secondary N) is 1. The Balaban J connectivity index is 1.63. The molecule has 0 bridgehead atoms. The first kappa shape index (κ1) is 13.7. The Bertz CT molecular complexity index is 599. The summed E-state index contributed by atoms with van der Waals surface area (Å²) in [5, 5.41) is 3.53. The van der Waals surface area contributed by atoms with Crippen LogP contribution in [0.3, 0.4) is 0 Å². The fourth-order valence-electron chi connectivity index (χ4n) is 2.61. The molecular formula is C17H18FNS. The molecule has 2 aromatic rings. The van der Waals surface area contributed by atoms with E-state index in [4.69, 9.17) is 0 Å². The van der Waals surface area contributed by atoms with Crippen LogP contribution in [0.15, 0.2) is 53.4 Å². The molecule has 0 saturated carbocycles. The highest BCUT2D eigenvalue weighted by Crippen LogP contribution is 2.39. The second kappa shape index (κ2) is 5.98. The van der Waals surface area contributed by atoms with Crippen molar-refractivity contribution in [3.63, 3.8) is 0 Å². The summed E-state index contributed by atoms with van der Waals surface area (Å²) in [5.74, 6) is 1.51. The zero-order chi connectivity index (χ0) is 13.9. The van der Waals surface area contributed by atoms with Gasteiger partial charge in [0.05, 0.1) is 0 Å². The number of benzene rings is 2. The van der Waals surface area contributed by atoms with Crippen LogP contribution in [0, 0.1) is 5.82 Å². The van der Waals surface area contributed by atoms with Gasteiger partial charge in [0.25, 0.3) is 0 Å². The molecule has 2 aromatic carbocycles.